The number of aromatic amines is 1. The molecule has 0 saturated heterocycles. The van der Waals surface area contributed by atoms with E-state index in [0.29, 0.717) is 22.3 Å². The summed E-state index contributed by atoms with van der Waals surface area (Å²) in [5.41, 5.74) is 1.84. The average molecular weight is 369 g/mol. The topological polar surface area (TPSA) is 103 Å². The summed E-state index contributed by atoms with van der Waals surface area (Å²) in [4.78, 5) is 14.8. The Morgan fingerprint density at radius 1 is 0.643 bits per heavy atom. The van der Waals surface area contributed by atoms with Gasteiger partial charge in [-0.25, -0.2) is 0 Å². The van der Waals surface area contributed by atoms with Gasteiger partial charge in [0, 0.05) is 5.39 Å². The van der Waals surface area contributed by atoms with E-state index < -0.39 is 5.56 Å². The monoisotopic (exact) mass is 369 g/mol. The third kappa shape index (κ3) is 3.68. The predicted octanol–water partition coefficient (Wildman–Crippen LogP) is 6.06. The van der Waals surface area contributed by atoms with Gasteiger partial charge in [0.15, 0.2) is 11.4 Å². The predicted molar refractivity (Wildman–Crippen MR) is 107 cm³/mol. The molecule has 0 atom stereocenters. The Morgan fingerprint density at radius 2 is 1.18 bits per heavy atom. The molecule has 4 rings (SSSR count). The smallest absolute Gasteiger partial charge is 0.280 e. The summed E-state index contributed by atoms with van der Waals surface area (Å²) in [6.07, 6.45) is 0. The standard InChI is InChI=1S/C21H15N5O2/c27-20-17-8-4-5-9-18(17)22-21(28)19(20)26-25-16-12-10-15(11-13-16)24-23-14-6-2-1-3-7-14/h1-13H,(H2,22,27,28). The maximum atomic E-state index is 12.2. The number of hydrogen-bond donors (Lipinski definition) is 2. The number of nitrogens with zero attached hydrogens (tertiary/aromatic N) is 4. The van der Waals surface area contributed by atoms with Crippen LogP contribution in [0.3, 0.4) is 0 Å². The van der Waals surface area contributed by atoms with Gasteiger partial charge in [0.2, 0.25) is 0 Å². The van der Waals surface area contributed by atoms with Gasteiger partial charge in [-0.3, -0.25) is 4.79 Å². The highest BCUT2D eigenvalue weighted by Gasteiger charge is 2.10. The molecule has 0 amide bonds. The average Bonchev–Trinajstić information content (AvgIpc) is 2.74. The molecule has 0 radical (unpaired) electrons. The largest absolute Gasteiger partial charge is 0.505 e. The Kier molecular flexibility index (Phi) is 4.71. The summed E-state index contributed by atoms with van der Waals surface area (Å²) in [6, 6.07) is 23.3. The molecule has 0 aliphatic carbocycles. The van der Waals surface area contributed by atoms with Crippen molar-refractivity contribution in [1.29, 1.82) is 0 Å². The first-order chi connectivity index (χ1) is 13.7. The van der Waals surface area contributed by atoms with Crippen LogP contribution in [-0.4, -0.2) is 10.1 Å². The van der Waals surface area contributed by atoms with Crippen LogP contribution in [0, 0.1) is 0 Å². The molecule has 0 bridgehead atoms. The molecule has 0 aliphatic rings. The van der Waals surface area contributed by atoms with Crippen molar-refractivity contribution in [3.05, 3.63) is 89.2 Å². The minimum atomic E-state index is -0.506. The van der Waals surface area contributed by atoms with Gasteiger partial charge in [0.1, 0.15) is 0 Å². The van der Waals surface area contributed by atoms with Gasteiger partial charge in [0.05, 0.1) is 22.6 Å². The molecule has 7 nitrogen and oxygen atoms in total. The molecule has 1 heterocycles. The van der Waals surface area contributed by atoms with E-state index >= 15 is 0 Å². The number of benzene rings is 3. The van der Waals surface area contributed by atoms with E-state index in [9.17, 15) is 9.90 Å². The van der Waals surface area contributed by atoms with Crippen molar-refractivity contribution in [3.63, 3.8) is 0 Å². The van der Waals surface area contributed by atoms with E-state index in [0.717, 1.165) is 5.69 Å². The number of azo groups is 2. The number of para-hydroxylation sites is 1. The van der Waals surface area contributed by atoms with Crippen molar-refractivity contribution in [2.75, 3.05) is 0 Å². The van der Waals surface area contributed by atoms with Crippen LogP contribution in [0.4, 0.5) is 22.7 Å². The van der Waals surface area contributed by atoms with Crippen molar-refractivity contribution in [3.8, 4) is 5.75 Å². The molecule has 0 fully saturated rings. The summed E-state index contributed by atoms with van der Waals surface area (Å²) in [5, 5.41) is 27.1. The number of H-pyrrole nitrogens is 1. The zero-order valence-corrected chi connectivity index (χ0v) is 14.6. The molecular weight excluding hydrogens is 354 g/mol. The molecular formula is C21H15N5O2. The molecule has 2 N–H and O–H groups in total. The maximum Gasteiger partial charge on any atom is 0.280 e. The van der Waals surface area contributed by atoms with Crippen molar-refractivity contribution >= 4 is 33.7 Å². The van der Waals surface area contributed by atoms with Crippen LogP contribution in [0.1, 0.15) is 0 Å². The molecule has 136 valence electrons. The second-order valence-electron chi connectivity index (χ2n) is 5.95. The fourth-order valence-electron chi connectivity index (χ4n) is 2.61. The quantitative estimate of drug-likeness (QED) is 0.427. The highest BCUT2D eigenvalue weighted by atomic mass is 16.3. The number of hydrogen-bond acceptors (Lipinski definition) is 6. The first-order valence-corrected chi connectivity index (χ1v) is 8.53. The summed E-state index contributed by atoms with van der Waals surface area (Å²) >= 11 is 0. The Hall–Kier alpha value is -4.13. The Bertz CT molecular complexity index is 1230. The number of pyridine rings is 1. The molecule has 3 aromatic carbocycles. The third-order valence-electron chi connectivity index (χ3n) is 4.02. The summed E-state index contributed by atoms with van der Waals surface area (Å²) in [5.74, 6) is -0.198. The molecule has 0 aliphatic heterocycles. The van der Waals surface area contributed by atoms with Crippen molar-refractivity contribution in [2.24, 2.45) is 20.5 Å². The van der Waals surface area contributed by atoms with Gasteiger partial charge in [-0.05, 0) is 48.5 Å². The molecule has 0 spiro atoms. The van der Waals surface area contributed by atoms with Crippen LogP contribution in [-0.2, 0) is 0 Å². The van der Waals surface area contributed by atoms with Gasteiger partial charge < -0.3 is 10.1 Å². The van der Waals surface area contributed by atoms with E-state index in [1.165, 1.54) is 0 Å². The molecule has 7 heteroatoms. The van der Waals surface area contributed by atoms with Crippen LogP contribution in [0.25, 0.3) is 10.9 Å². The fourth-order valence-corrected chi connectivity index (χ4v) is 2.61. The molecule has 28 heavy (non-hydrogen) atoms. The van der Waals surface area contributed by atoms with Crippen LogP contribution in [0.5, 0.6) is 5.75 Å². The van der Waals surface area contributed by atoms with Gasteiger partial charge in [-0.1, -0.05) is 30.3 Å². The van der Waals surface area contributed by atoms with Gasteiger partial charge in [-0.2, -0.15) is 15.3 Å². The Labute approximate surface area is 159 Å². The third-order valence-corrected chi connectivity index (χ3v) is 4.02. The van der Waals surface area contributed by atoms with Crippen LogP contribution < -0.4 is 5.56 Å². The summed E-state index contributed by atoms with van der Waals surface area (Å²) in [6.45, 7) is 0. The number of aromatic nitrogens is 1. The van der Waals surface area contributed by atoms with Crippen LogP contribution in [0.15, 0.2) is 104 Å². The SMILES string of the molecule is O=c1[nH]c2ccccc2c(O)c1N=Nc1ccc(N=Nc2ccccc2)cc1. The summed E-state index contributed by atoms with van der Waals surface area (Å²) in [7, 11) is 0. The van der Waals surface area contributed by atoms with Crippen LogP contribution >= 0.6 is 0 Å². The van der Waals surface area contributed by atoms with E-state index in [1.807, 2.05) is 30.3 Å². The maximum absolute atomic E-state index is 12.2. The zero-order valence-electron chi connectivity index (χ0n) is 14.6. The van der Waals surface area contributed by atoms with E-state index in [2.05, 4.69) is 25.4 Å². The summed E-state index contributed by atoms with van der Waals surface area (Å²) < 4.78 is 0. The molecule has 1 aromatic heterocycles. The molecule has 0 unspecified atom stereocenters. The highest BCUT2D eigenvalue weighted by molar-refractivity contribution is 5.88. The highest BCUT2D eigenvalue weighted by Crippen LogP contribution is 2.31. The zero-order chi connectivity index (χ0) is 19.3. The lowest BCUT2D eigenvalue weighted by Gasteiger charge is -2.02. The number of fused-ring (bicyclic) bond motifs is 1. The molecule has 4 aromatic rings. The first-order valence-electron chi connectivity index (χ1n) is 8.53. The lowest BCUT2D eigenvalue weighted by atomic mass is 10.2. The minimum absolute atomic E-state index is 0.133. The van der Waals surface area contributed by atoms with Crippen LogP contribution in [0.2, 0.25) is 0 Å². The second-order valence-corrected chi connectivity index (χ2v) is 5.95. The normalized spacial score (nSPS) is 11.6. The Balaban J connectivity index is 1.56. The molecule has 0 saturated carbocycles. The number of nitrogens with one attached hydrogen (secondary N) is 1. The lowest BCUT2D eigenvalue weighted by molar-refractivity contribution is 0.481. The van der Waals surface area contributed by atoms with Crippen molar-refractivity contribution in [1.82, 2.24) is 4.98 Å². The van der Waals surface area contributed by atoms with Gasteiger partial charge >= 0.3 is 0 Å². The second kappa shape index (κ2) is 7.63. The lowest BCUT2D eigenvalue weighted by Crippen LogP contribution is -2.04. The van der Waals surface area contributed by atoms with E-state index in [1.54, 1.807) is 48.5 Å². The number of rotatable bonds is 4. The fraction of sp³-hybridized carbons (Fsp3) is 0. The van der Waals surface area contributed by atoms with E-state index in [4.69, 9.17) is 0 Å². The Morgan fingerprint density at radius 3 is 1.86 bits per heavy atom. The number of aromatic hydroxyl groups is 1. The first kappa shape index (κ1) is 17.3. The van der Waals surface area contributed by atoms with Crippen molar-refractivity contribution < 1.29 is 5.11 Å². The van der Waals surface area contributed by atoms with E-state index in [-0.39, 0.29) is 11.4 Å². The van der Waals surface area contributed by atoms with Gasteiger partial charge in [-0.15, -0.1) is 5.11 Å². The van der Waals surface area contributed by atoms with Crippen molar-refractivity contribution in [2.45, 2.75) is 0 Å². The minimum Gasteiger partial charge on any atom is -0.505 e. The van der Waals surface area contributed by atoms with Gasteiger partial charge in [0.25, 0.3) is 5.56 Å².